The highest BCUT2D eigenvalue weighted by Gasteiger charge is 2.50. The molecule has 4 rings (SSSR count). The van der Waals surface area contributed by atoms with Crippen LogP contribution in [-0.2, 0) is 14.3 Å². The van der Waals surface area contributed by atoms with Gasteiger partial charge in [-0.1, -0.05) is 24.6 Å². The van der Waals surface area contributed by atoms with E-state index in [1.807, 2.05) is 4.90 Å². The van der Waals surface area contributed by atoms with Crippen LogP contribution in [0.2, 0.25) is 0 Å². The molecule has 0 spiro atoms. The molecule has 2 heterocycles. The van der Waals surface area contributed by atoms with Crippen molar-refractivity contribution >= 4 is 11.9 Å². The van der Waals surface area contributed by atoms with Gasteiger partial charge < -0.3 is 15.0 Å². The van der Waals surface area contributed by atoms with Gasteiger partial charge >= 0.3 is 5.97 Å². The van der Waals surface area contributed by atoms with Crippen molar-refractivity contribution in [3.63, 3.8) is 0 Å². The predicted octanol–water partition coefficient (Wildman–Crippen LogP) is 2.82. The number of hydrogen-bond donors (Lipinski definition) is 1. The van der Waals surface area contributed by atoms with Crippen LogP contribution in [0.1, 0.15) is 52.4 Å². The monoisotopic (exact) mass is 372 g/mol. The average molecular weight is 373 g/mol. The Morgan fingerprint density at radius 3 is 3.00 bits per heavy atom. The van der Waals surface area contributed by atoms with Crippen LogP contribution in [0.25, 0.3) is 0 Å². The van der Waals surface area contributed by atoms with Crippen LogP contribution < -0.4 is 5.32 Å². The number of ether oxygens (including phenoxy) is 1. The summed E-state index contributed by atoms with van der Waals surface area (Å²) < 4.78 is 5.78. The van der Waals surface area contributed by atoms with E-state index < -0.39 is 0 Å². The van der Waals surface area contributed by atoms with Crippen LogP contribution in [0, 0.1) is 17.3 Å². The number of rotatable bonds is 6. The number of amides is 1. The van der Waals surface area contributed by atoms with Gasteiger partial charge in [-0.15, -0.1) is 0 Å². The molecule has 148 valence electrons. The molecule has 0 aromatic heterocycles. The molecule has 2 saturated heterocycles. The minimum absolute atomic E-state index is 0.0335. The summed E-state index contributed by atoms with van der Waals surface area (Å²) in [7, 11) is 0. The van der Waals surface area contributed by atoms with Crippen molar-refractivity contribution in [3.8, 4) is 0 Å². The van der Waals surface area contributed by atoms with Crippen molar-refractivity contribution in [3.05, 3.63) is 23.3 Å². The van der Waals surface area contributed by atoms with E-state index in [1.165, 1.54) is 11.1 Å². The zero-order chi connectivity index (χ0) is 19.0. The molecular formula is C22H32N2O3. The normalized spacial score (nSPS) is 35.5. The third-order valence-electron chi connectivity index (χ3n) is 7.01. The van der Waals surface area contributed by atoms with Crippen molar-refractivity contribution in [1.29, 1.82) is 0 Å². The molecule has 5 nitrogen and oxygen atoms in total. The number of fused-ring (bicyclic) bond motifs is 2. The van der Waals surface area contributed by atoms with Crippen molar-refractivity contribution in [2.75, 3.05) is 26.2 Å². The molecule has 2 aliphatic carbocycles. The second-order valence-corrected chi connectivity index (χ2v) is 8.97. The van der Waals surface area contributed by atoms with E-state index in [0.29, 0.717) is 13.0 Å². The largest absolute Gasteiger partial charge is 0.461 e. The molecule has 4 aliphatic rings. The van der Waals surface area contributed by atoms with Gasteiger partial charge in [0.2, 0.25) is 5.91 Å². The number of esters is 1. The van der Waals surface area contributed by atoms with Gasteiger partial charge in [0.05, 0.1) is 5.92 Å². The van der Waals surface area contributed by atoms with E-state index in [9.17, 15) is 9.59 Å². The Kier molecular flexibility index (Phi) is 5.15. The lowest BCUT2D eigenvalue weighted by atomic mass is 9.62. The van der Waals surface area contributed by atoms with Crippen LogP contribution in [0.3, 0.4) is 0 Å². The Morgan fingerprint density at radius 2 is 2.22 bits per heavy atom. The zero-order valence-corrected chi connectivity index (χ0v) is 16.6. The molecule has 4 unspecified atom stereocenters. The second-order valence-electron chi connectivity index (χ2n) is 8.97. The molecule has 1 N–H and O–H groups in total. The topological polar surface area (TPSA) is 58.6 Å². The molecule has 4 atom stereocenters. The summed E-state index contributed by atoms with van der Waals surface area (Å²) in [6.45, 7) is 7.74. The lowest BCUT2D eigenvalue weighted by molar-refractivity contribution is -0.145. The van der Waals surface area contributed by atoms with Crippen molar-refractivity contribution in [2.24, 2.45) is 17.3 Å². The van der Waals surface area contributed by atoms with E-state index in [0.717, 1.165) is 51.7 Å². The number of nitrogens with zero attached hydrogens (tertiary/aromatic N) is 1. The van der Waals surface area contributed by atoms with Crippen LogP contribution in [0.5, 0.6) is 0 Å². The lowest BCUT2D eigenvalue weighted by Gasteiger charge is -2.42. The smallest absolute Gasteiger partial charge is 0.311 e. The van der Waals surface area contributed by atoms with E-state index >= 15 is 0 Å². The summed E-state index contributed by atoms with van der Waals surface area (Å²) in [5.41, 5.74) is 2.97. The first-order valence-corrected chi connectivity index (χ1v) is 10.6. The first-order valence-electron chi connectivity index (χ1n) is 10.6. The van der Waals surface area contributed by atoms with Crippen molar-refractivity contribution < 1.29 is 14.3 Å². The van der Waals surface area contributed by atoms with Gasteiger partial charge in [0.25, 0.3) is 0 Å². The standard InChI is InChI=1S/C22H32N2O3/c1-15-6-3-8-22(2)13-19-16(12-18(15)22)17(21(26)27-19)14-23-9-5-11-24-10-4-7-20(24)25/h6,12,16-17,19,23H,3-5,7-11,13-14H2,1-2H3. The summed E-state index contributed by atoms with van der Waals surface area (Å²) in [4.78, 5) is 26.1. The Hall–Kier alpha value is -1.62. The third kappa shape index (κ3) is 3.58. The quantitative estimate of drug-likeness (QED) is 0.575. The molecule has 5 heteroatoms. The Bertz CT molecular complexity index is 683. The molecule has 0 radical (unpaired) electrons. The van der Waals surface area contributed by atoms with E-state index in [4.69, 9.17) is 4.74 Å². The Morgan fingerprint density at radius 1 is 1.37 bits per heavy atom. The molecule has 0 saturated carbocycles. The second kappa shape index (κ2) is 7.42. The lowest BCUT2D eigenvalue weighted by Crippen LogP contribution is -2.38. The van der Waals surface area contributed by atoms with Gasteiger partial charge in [-0.2, -0.15) is 0 Å². The van der Waals surface area contributed by atoms with Crippen LogP contribution >= 0.6 is 0 Å². The van der Waals surface area contributed by atoms with E-state index in [2.05, 4.69) is 31.3 Å². The van der Waals surface area contributed by atoms with Gasteiger partial charge in [-0.05, 0) is 56.6 Å². The number of carbonyl (C=O) groups is 2. The van der Waals surface area contributed by atoms with Crippen LogP contribution in [0.4, 0.5) is 0 Å². The summed E-state index contributed by atoms with van der Waals surface area (Å²) >= 11 is 0. The molecule has 0 aromatic carbocycles. The van der Waals surface area contributed by atoms with Crippen LogP contribution in [-0.4, -0.2) is 49.1 Å². The molecule has 0 aromatic rings. The average Bonchev–Trinajstić information content (AvgIpc) is 3.15. The number of allylic oxidation sites excluding steroid dienone is 3. The summed E-state index contributed by atoms with van der Waals surface area (Å²) in [6.07, 6.45) is 10.6. The molecule has 2 fully saturated rings. The highest BCUT2D eigenvalue weighted by Crippen LogP contribution is 2.52. The van der Waals surface area contributed by atoms with Crippen molar-refractivity contribution in [2.45, 2.75) is 58.5 Å². The van der Waals surface area contributed by atoms with Crippen LogP contribution in [0.15, 0.2) is 23.3 Å². The van der Waals surface area contributed by atoms with Gasteiger partial charge in [0.15, 0.2) is 0 Å². The highest BCUT2D eigenvalue weighted by molar-refractivity contribution is 5.78. The van der Waals surface area contributed by atoms with Gasteiger partial charge in [-0.25, -0.2) is 0 Å². The maximum atomic E-state index is 12.5. The fourth-order valence-electron chi connectivity index (χ4n) is 5.45. The molecule has 0 bridgehead atoms. The summed E-state index contributed by atoms with van der Waals surface area (Å²) in [5.74, 6) is 0.336. The van der Waals surface area contributed by atoms with Crippen molar-refractivity contribution in [1.82, 2.24) is 10.2 Å². The fourth-order valence-corrected chi connectivity index (χ4v) is 5.45. The summed E-state index contributed by atoms with van der Waals surface area (Å²) in [6, 6.07) is 0. The zero-order valence-electron chi connectivity index (χ0n) is 16.6. The van der Waals surface area contributed by atoms with E-state index in [1.54, 1.807) is 0 Å². The maximum Gasteiger partial charge on any atom is 0.311 e. The van der Waals surface area contributed by atoms with Gasteiger partial charge in [0, 0.05) is 32.0 Å². The predicted molar refractivity (Wildman–Crippen MR) is 104 cm³/mol. The summed E-state index contributed by atoms with van der Waals surface area (Å²) in [5, 5.41) is 3.44. The first kappa shape index (κ1) is 18.7. The molecular weight excluding hydrogens is 340 g/mol. The van der Waals surface area contributed by atoms with E-state index in [-0.39, 0.29) is 35.2 Å². The number of likely N-dealkylation sites (tertiary alicyclic amines) is 1. The Balaban J connectivity index is 1.33. The first-order chi connectivity index (χ1) is 13.0. The maximum absolute atomic E-state index is 12.5. The highest BCUT2D eigenvalue weighted by atomic mass is 16.6. The SMILES string of the molecule is CC1=CCCC2(C)CC3OC(=O)C(CNCCCN4CCCC4=O)C3C=C12. The number of nitrogens with one attached hydrogen (secondary N) is 1. The third-order valence-corrected chi connectivity index (χ3v) is 7.01. The Labute approximate surface area is 162 Å². The van der Waals surface area contributed by atoms with Gasteiger partial charge in [0.1, 0.15) is 6.10 Å². The molecule has 1 amide bonds. The fraction of sp³-hybridized carbons (Fsp3) is 0.727. The molecule has 2 aliphatic heterocycles. The number of carbonyl (C=O) groups excluding carboxylic acids is 2. The minimum Gasteiger partial charge on any atom is -0.461 e. The minimum atomic E-state index is -0.0878. The van der Waals surface area contributed by atoms with Gasteiger partial charge in [-0.3, -0.25) is 9.59 Å². The molecule has 27 heavy (non-hydrogen) atoms. The number of hydrogen-bond acceptors (Lipinski definition) is 4.